The van der Waals surface area contributed by atoms with Crippen LogP contribution in [0.3, 0.4) is 0 Å². The molecule has 1 aromatic heterocycles. The van der Waals surface area contributed by atoms with E-state index in [-0.39, 0.29) is 0 Å². The molecule has 0 atom stereocenters. The summed E-state index contributed by atoms with van der Waals surface area (Å²) in [6.45, 7) is 5.94. The number of aliphatic hydroxyl groups is 1. The second-order valence-electron chi connectivity index (χ2n) is 5.77. The monoisotopic (exact) mass is 264 g/mol. The number of nitrogens with zero attached hydrogens (tertiary/aromatic N) is 2. The van der Waals surface area contributed by atoms with Crippen molar-refractivity contribution in [1.82, 2.24) is 9.97 Å². The second kappa shape index (κ2) is 5.45. The van der Waals surface area contributed by atoms with Gasteiger partial charge in [0.15, 0.2) is 0 Å². The van der Waals surface area contributed by atoms with Gasteiger partial charge in [-0.3, -0.25) is 0 Å². The minimum atomic E-state index is -0.505. The predicted octanol–water partition coefficient (Wildman–Crippen LogP) is 2.76. The summed E-state index contributed by atoms with van der Waals surface area (Å²) in [5.41, 5.74) is 1.75. The van der Waals surface area contributed by atoms with E-state index < -0.39 is 5.60 Å². The van der Waals surface area contributed by atoms with Gasteiger partial charge in [-0.05, 0) is 46.0 Å². The fourth-order valence-electron chi connectivity index (χ4n) is 2.94. The highest BCUT2D eigenvalue weighted by atomic mass is 16.5. The third kappa shape index (κ3) is 3.06. The maximum absolute atomic E-state index is 10.1. The Labute approximate surface area is 115 Å². The molecule has 0 spiro atoms. The van der Waals surface area contributed by atoms with Crippen molar-refractivity contribution in [1.29, 1.82) is 0 Å². The topological polar surface area (TPSA) is 55.2 Å². The summed E-state index contributed by atoms with van der Waals surface area (Å²) in [6.07, 6.45) is 4.53. The highest BCUT2D eigenvalue weighted by Gasteiger charge is 2.31. The van der Waals surface area contributed by atoms with Crippen LogP contribution in [0.25, 0.3) is 0 Å². The zero-order chi connectivity index (χ0) is 14.0. The molecule has 4 nitrogen and oxygen atoms in total. The summed E-state index contributed by atoms with van der Waals surface area (Å²) in [6, 6.07) is 0. The Morgan fingerprint density at radius 1 is 1.32 bits per heavy atom. The molecule has 2 rings (SSSR count). The molecule has 1 saturated carbocycles. The zero-order valence-corrected chi connectivity index (χ0v) is 12.4. The Bertz CT molecular complexity index is 448. The zero-order valence-electron chi connectivity index (χ0n) is 12.4. The van der Waals surface area contributed by atoms with Crippen LogP contribution in [0.4, 0.5) is 0 Å². The van der Waals surface area contributed by atoms with E-state index >= 15 is 0 Å². The molecular weight excluding hydrogens is 240 g/mol. The number of rotatable bonds is 3. The maximum Gasteiger partial charge on any atom is 0.219 e. The van der Waals surface area contributed by atoms with Crippen LogP contribution in [-0.2, 0) is 6.42 Å². The van der Waals surface area contributed by atoms with E-state index in [0.717, 1.165) is 49.2 Å². The van der Waals surface area contributed by atoms with Crippen molar-refractivity contribution in [2.75, 3.05) is 7.11 Å². The number of hydrogen-bond donors (Lipinski definition) is 1. The lowest BCUT2D eigenvalue weighted by Gasteiger charge is -2.33. The predicted molar refractivity (Wildman–Crippen MR) is 74.5 cm³/mol. The van der Waals surface area contributed by atoms with E-state index in [2.05, 4.69) is 16.9 Å². The molecule has 1 heterocycles. The summed E-state index contributed by atoms with van der Waals surface area (Å²) in [7, 11) is 1.66. The van der Waals surface area contributed by atoms with Crippen LogP contribution in [0.15, 0.2) is 0 Å². The highest BCUT2D eigenvalue weighted by Crippen LogP contribution is 2.39. The first-order chi connectivity index (χ1) is 8.96. The number of hydrogen-bond acceptors (Lipinski definition) is 4. The summed E-state index contributed by atoms with van der Waals surface area (Å²) in [5.74, 6) is 1.90. The first kappa shape index (κ1) is 14.3. The molecule has 0 saturated heterocycles. The average Bonchev–Trinajstić information content (AvgIpc) is 2.37. The Morgan fingerprint density at radius 3 is 2.47 bits per heavy atom. The summed E-state index contributed by atoms with van der Waals surface area (Å²) < 4.78 is 5.39. The van der Waals surface area contributed by atoms with Gasteiger partial charge in [-0.15, -0.1) is 0 Å². The molecule has 0 aliphatic heterocycles. The quantitative estimate of drug-likeness (QED) is 0.912. The number of ether oxygens (including phenoxy) is 1. The van der Waals surface area contributed by atoms with Crippen molar-refractivity contribution in [2.45, 2.75) is 64.4 Å². The lowest BCUT2D eigenvalue weighted by Crippen LogP contribution is -2.30. The molecule has 106 valence electrons. The van der Waals surface area contributed by atoms with Crippen LogP contribution in [0, 0.1) is 6.92 Å². The van der Waals surface area contributed by atoms with Crippen LogP contribution in [-0.4, -0.2) is 27.8 Å². The van der Waals surface area contributed by atoms with Gasteiger partial charge in [-0.25, -0.2) is 4.98 Å². The molecule has 0 bridgehead atoms. The van der Waals surface area contributed by atoms with Crippen LogP contribution in [0.2, 0.25) is 0 Å². The largest absolute Gasteiger partial charge is 0.481 e. The Hall–Kier alpha value is -1.16. The minimum absolute atomic E-state index is 0.422. The second-order valence-corrected chi connectivity index (χ2v) is 5.77. The van der Waals surface area contributed by atoms with Gasteiger partial charge in [-0.1, -0.05) is 6.92 Å². The van der Waals surface area contributed by atoms with Gasteiger partial charge in [0, 0.05) is 11.5 Å². The van der Waals surface area contributed by atoms with Crippen LogP contribution in [0.1, 0.15) is 62.5 Å². The number of aromatic nitrogens is 2. The van der Waals surface area contributed by atoms with E-state index in [4.69, 9.17) is 4.74 Å². The Morgan fingerprint density at radius 2 is 1.95 bits per heavy atom. The number of methoxy groups -OCH3 is 1. The van der Waals surface area contributed by atoms with E-state index in [0.29, 0.717) is 11.8 Å². The minimum Gasteiger partial charge on any atom is -0.481 e. The normalized spacial score (nSPS) is 27.3. The SMILES string of the molecule is CCc1c(OC)nc(C)nc1C1CCC(C)(O)CC1. The first-order valence-electron chi connectivity index (χ1n) is 7.10. The average molecular weight is 264 g/mol. The summed E-state index contributed by atoms with van der Waals surface area (Å²) in [5, 5.41) is 10.1. The molecule has 0 radical (unpaired) electrons. The fourth-order valence-corrected chi connectivity index (χ4v) is 2.94. The van der Waals surface area contributed by atoms with Crippen LogP contribution < -0.4 is 4.74 Å². The molecule has 0 unspecified atom stereocenters. The van der Waals surface area contributed by atoms with E-state index in [1.165, 1.54) is 0 Å². The van der Waals surface area contributed by atoms with Gasteiger partial charge in [0.2, 0.25) is 5.88 Å². The fraction of sp³-hybridized carbons (Fsp3) is 0.733. The van der Waals surface area contributed by atoms with Gasteiger partial charge in [0.25, 0.3) is 0 Å². The van der Waals surface area contributed by atoms with Gasteiger partial charge in [-0.2, -0.15) is 4.98 Å². The molecule has 19 heavy (non-hydrogen) atoms. The van der Waals surface area contributed by atoms with Crippen molar-refractivity contribution < 1.29 is 9.84 Å². The van der Waals surface area contributed by atoms with Crippen molar-refractivity contribution in [3.8, 4) is 5.88 Å². The molecule has 0 aromatic carbocycles. The molecule has 1 aromatic rings. The molecule has 4 heteroatoms. The highest BCUT2D eigenvalue weighted by molar-refractivity contribution is 5.33. The molecular formula is C15H24N2O2. The lowest BCUT2D eigenvalue weighted by atomic mass is 9.77. The van der Waals surface area contributed by atoms with Gasteiger partial charge in [0.05, 0.1) is 18.4 Å². The van der Waals surface area contributed by atoms with Gasteiger partial charge >= 0.3 is 0 Å². The van der Waals surface area contributed by atoms with Crippen LogP contribution >= 0.6 is 0 Å². The third-order valence-corrected chi connectivity index (χ3v) is 4.11. The van der Waals surface area contributed by atoms with E-state index in [9.17, 15) is 5.11 Å². The smallest absolute Gasteiger partial charge is 0.219 e. The Kier molecular flexibility index (Phi) is 4.09. The molecule has 1 aliphatic carbocycles. The number of aryl methyl sites for hydroxylation is 1. The summed E-state index contributed by atoms with van der Waals surface area (Å²) >= 11 is 0. The van der Waals surface area contributed by atoms with Gasteiger partial charge < -0.3 is 9.84 Å². The molecule has 1 aliphatic rings. The summed E-state index contributed by atoms with van der Waals surface area (Å²) in [4.78, 5) is 9.02. The lowest BCUT2D eigenvalue weighted by molar-refractivity contribution is 0.0167. The van der Waals surface area contributed by atoms with Crippen LogP contribution in [0.5, 0.6) is 5.88 Å². The molecule has 1 fully saturated rings. The molecule has 0 amide bonds. The van der Waals surface area contributed by atoms with Crippen molar-refractivity contribution in [3.05, 3.63) is 17.1 Å². The van der Waals surface area contributed by atoms with E-state index in [1.807, 2.05) is 13.8 Å². The van der Waals surface area contributed by atoms with Crippen molar-refractivity contribution >= 4 is 0 Å². The first-order valence-corrected chi connectivity index (χ1v) is 7.10. The van der Waals surface area contributed by atoms with E-state index in [1.54, 1.807) is 7.11 Å². The maximum atomic E-state index is 10.1. The Balaban J connectivity index is 2.31. The van der Waals surface area contributed by atoms with Crippen molar-refractivity contribution in [2.24, 2.45) is 0 Å². The van der Waals surface area contributed by atoms with Crippen molar-refractivity contribution in [3.63, 3.8) is 0 Å². The third-order valence-electron chi connectivity index (χ3n) is 4.11. The van der Waals surface area contributed by atoms with Gasteiger partial charge in [0.1, 0.15) is 5.82 Å². The molecule has 1 N–H and O–H groups in total. The standard InChI is InChI=1S/C15H24N2O2/c1-5-12-13(16-10(2)17-14(12)19-4)11-6-8-15(3,18)9-7-11/h11,18H,5-9H2,1-4H3.